The molecule has 0 saturated carbocycles. The molecule has 4 nitrogen and oxygen atoms in total. The fourth-order valence-corrected chi connectivity index (χ4v) is 3.65. The van der Waals surface area contributed by atoms with E-state index in [0.717, 1.165) is 12.1 Å². The highest BCUT2D eigenvalue weighted by molar-refractivity contribution is 6.34. The van der Waals surface area contributed by atoms with E-state index >= 15 is 0 Å². The van der Waals surface area contributed by atoms with Crippen LogP contribution in [0, 0.1) is 11.6 Å². The zero-order valence-electron chi connectivity index (χ0n) is 13.9. The predicted molar refractivity (Wildman–Crippen MR) is 97.9 cm³/mol. The van der Waals surface area contributed by atoms with E-state index in [0.29, 0.717) is 42.2 Å². The Morgan fingerprint density at radius 1 is 1.04 bits per heavy atom. The van der Waals surface area contributed by atoms with Gasteiger partial charge in [-0.05, 0) is 36.8 Å². The van der Waals surface area contributed by atoms with Gasteiger partial charge in [-0.3, -0.25) is 9.80 Å². The summed E-state index contributed by atoms with van der Waals surface area (Å²) < 4.78 is 27.9. The largest absolute Gasteiger partial charge is 0.312 e. The standard InChI is InChI=1S/C19H16ClF2N3O/c20-14-11-12(24-9-2-5-18(24)26)6-7-13(14)17-8-10-25(23-17)19-15(21)3-1-4-16(19)22/h1,3-4,6-7,11H,2,5,8-10H2. The topological polar surface area (TPSA) is 35.9 Å². The highest BCUT2D eigenvalue weighted by Crippen LogP contribution is 2.31. The number of benzene rings is 2. The number of halogens is 3. The maximum absolute atomic E-state index is 14.0. The lowest BCUT2D eigenvalue weighted by Gasteiger charge is -2.17. The number of anilines is 2. The summed E-state index contributed by atoms with van der Waals surface area (Å²) in [5, 5.41) is 6.16. The molecule has 0 spiro atoms. The molecule has 4 rings (SSSR count). The summed E-state index contributed by atoms with van der Waals surface area (Å²) >= 11 is 6.41. The molecule has 1 saturated heterocycles. The number of carbonyl (C=O) groups is 1. The van der Waals surface area contributed by atoms with Crippen molar-refractivity contribution in [2.45, 2.75) is 19.3 Å². The minimum absolute atomic E-state index is 0.0910. The Bertz CT molecular complexity index is 895. The van der Waals surface area contributed by atoms with Crippen LogP contribution in [-0.4, -0.2) is 24.7 Å². The van der Waals surface area contributed by atoms with Crippen LogP contribution in [0.2, 0.25) is 5.02 Å². The quantitative estimate of drug-likeness (QED) is 0.799. The molecular weight excluding hydrogens is 360 g/mol. The van der Waals surface area contributed by atoms with Gasteiger partial charge in [0.25, 0.3) is 0 Å². The van der Waals surface area contributed by atoms with Crippen molar-refractivity contribution in [1.82, 2.24) is 0 Å². The molecule has 134 valence electrons. The molecular formula is C19H16ClF2N3O. The third-order valence-electron chi connectivity index (χ3n) is 4.65. The molecule has 0 unspecified atom stereocenters. The van der Waals surface area contributed by atoms with E-state index < -0.39 is 11.6 Å². The number of para-hydroxylation sites is 1. The molecule has 2 aromatic rings. The Kier molecular flexibility index (Phi) is 4.36. The second kappa shape index (κ2) is 6.68. The molecule has 1 fully saturated rings. The van der Waals surface area contributed by atoms with E-state index in [-0.39, 0.29) is 11.6 Å². The predicted octanol–water partition coefficient (Wildman–Crippen LogP) is 4.36. The van der Waals surface area contributed by atoms with Gasteiger partial charge in [-0.2, -0.15) is 5.10 Å². The zero-order chi connectivity index (χ0) is 18.3. The van der Waals surface area contributed by atoms with Crippen LogP contribution in [0.4, 0.5) is 20.2 Å². The maximum Gasteiger partial charge on any atom is 0.227 e. The maximum atomic E-state index is 14.0. The third kappa shape index (κ3) is 2.94. The third-order valence-corrected chi connectivity index (χ3v) is 4.96. The summed E-state index contributed by atoms with van der Waals surface area (Å²) in [5.41, 5.74) is 1.98. The first-order chi connectivity index (χ1) is 12.5. The minimum atomic E-state index is -0.649. The van der Waals surface area contributed by atoms with Gasteiger partial charge in [0.2, 0.25) is 5.91 Å². The van der Waals surface area contributed by atoms with Crippen LogP contribution in [0.25, 0.3) is 0 Å². The van der Waals surface area contributed by atoms with Crippen molar-refractivity contribution in [3.05, 3.63) is 58.6 Å². The van der Waals surface area contributed by atoms with Gasteiger partial charge in [-0.25, -0.2) is 8.78 Å². The molecule has 2 heterocycles. The van der Waals surface area contributed by atoms with Crippen LogP contribution in [0.5, 0.6) is 0 Å². The molecule has 2 aliphatic heterocycles. The Labute approximate surface area is 154 Å². The number of hydrogen-bond acceptors (Lipinski definition) is 3. The molecule has 1 amide bonds. The van der Waals surface area contributed by atoms with Gasteiger partial charge < -0.3 is 4.90 Å². The van der Waals surface area contributed by atoms with Gasteiger partial charge >= 0.3 is 0 Å². The van der Waals surface area contributed by atoms with Crippen LogP contribution < -0.4 is 9.91 Å². The fraction of sp³-hybridized carbons (Fsp3) is 0.263. The second-order valence-electron chi connectivity index (χ2n) is 6.30. The molecule has 7 heteroatoms. The number of amides is 1. The molecule has 0 bridgehead atoms. The summed E-state index contributed by atoms with van der Waals surface area (Å²) in [7, 11) is 0. The highest BCUT2D eigenvalue weighted by atomic mass is 35.5. The second-order valence-corrected chi connectivity index (χ2v) is 6.71. The molecule has 0 atom stereocenters. The fourth-order valence-electron chi connectivity index (χ4n) is 3.37. The van der Waals surface area contributed by atoms with E-state index in [1.165, 1.54) is 23.2 Å². The number of carbonyl (C=O) groups excluding carboxylic acids is 1. The molecule has 0 aliphatic carbocycles. The average molecular weight is 376 g/mol. The average Bonchev–Trinajstić information content (AvgIpc) is 3.24. The van der Waals surface area contributed by atoms with Crippen LogP contribution in [0.1, 0.15) is 24.8 Å². The monoisotopic (exact) mass is 375 g/mol. The molecule has 0 aromatic heterocycles. The number of hydrazone groups is 1. The number of nitrogens with zero attached hydrogens (tertiary/aromatic N) is 3. The van der Waals surface area contributed by atoms with Crippen LogP contribution in [0.15, 0.2) is 41.5 Å². The Hall–Kier alpha value is -2.47. The van der Waals surface area contributed by atoms with Crippen molar-refractivity contribution in [2.75, 3.05) is 23.0 Å². The van der Waals surface area contributed by atoms with Gasteiger partial charge in [-0.15, -0.1) is 0 Å². The van der Waals surface area contributed by atoms with Gasteiger partial charge in [0.05, 0.1) is 10.7 Å². The summed E-state index contributed by atoms with van der Waals surface area (Å²) in [5.74, 6) is -1.21. The first-order valence-electron chi connectivity index (χ1n) is 8.44. The first kappa shape index (κ1) is 17.0. The zero-order valence-corrected chi connectivity index (χ0v) is 14.6. The van der Waals surface area contributed by atoms with Crippen molar-refractivity contribution >= 4 is 34.6 Å². The molecule has 0 N–H and O–H groups in total. The van der Waals surface area contributed by atoms with E-state index in [1.54, 1.807) is 11.0 Å². The molecule has 26 heavy (non-hydrogen) atoms. The van der Waals surface area contributed by atoms with Gasteiger partial charge in [-0.1, -0.05) is 17.7 Å². The van der Waals surface area contributed by atoms with Crippen LogP contribution in [-0.2, 0) is 4.79 Å². The first-order valence-corrected chi connectivity index (χ1v) is 8.82. The van der Waals surface area contributed by atoms with E-state index in [4.69, 9.17) is 11.6 Å². The van der Waals surface area contributed by atoms with Gasteiger partial charge in [0, 0.05) is 37.2 Å². The van der Waals surface area contributed by atoms with Gasteiger partial charge in [0.1, 0.15) is 5.69 Å². The Morgan fingerprint density at radius 2 is 1.81 bits per heavy atom. The summed E-state index contributed by atoms with van der Waals surface area (Å²) in [6.45, 7) is 1.06. The summed E-state index contributed by atoms with van der Waals surface area (Å²) in [6, 6.07) is 9.13. The molecule has 2 aliphatic rings. The lowest BCUT2D eigenvalue weighted by atomic mass is 10.1. The number of rotatable bonds is 3. The van der Waals surface area contributed by atoms with Gasteiger partial charge in [0.15, 0.2) is 11.6 Å². The summed E-state index contributed by atoms with van der Waals surface area (Å²) in [4.78, 5) is 13.6. The van der Waals surface area contributed by atoms with Crippen molar-refractivity contribution in [1.29, 1.82) is 0 Å². The Balaban J connectivity index is 1.63. The van der Waals surface area contributed by atoms with Crippen LogP contribution in [0.3, 0.4) is 0 Å². The molecule has 2 aromatic carbocycles. The lowest BCUT2D eigenvalue weighted by molar-refractivity contribution is -0.117. The van der Waals surface area contributed by atoms with Crippen LogP contribution >= 0.6 is 11.6 Å². The van der Waals surface area contributed by atoms with E-state index in [1.807, 2.05) is 12.1 Å². The lowest BCUT2D eigenvalue weighted by Crippen LogP contribution is -2.23. The number of hydrogen-bond donors (Lipinski definition) is 0. The smallest absolute Gasteiger partial charge is 0.227 e. The highest BCUT2D eigenvalue weighted by Gasteiger charge is 2.26. The SMILES string of the molecule is O=C1CCCN1c1ccc(C2=NN(c3c(F)cccc3F)CC2)c(Cl)c1. The normalized spacial score (nSPS) is 17.2. The van der Waals surface area contributed by atoms with Crippen molar-refractivity contribution in [3.8, 4) is 0 Å². The van der Waals surface area contributed by atoms with Crippen molar-refractivity contribution in [3.63, 3.8) is 0 Å². The van der Waals surface area contributed by atoms with E-state index in [2.05, 4.69) is 5.10 Å². The molecule has 0 radical (unpaired) electrons. The van der Waals surface area contributed by atoms with Crippen molar-refractivity contribution < 1.29 is 13.6 Å². The van der Waals surface area contributed by atoms with Crippen molar-refractivity contribution in [2.24, 2.45) is 5.10 Å². The summed E-state index contributed by atoms with van der Waals surface area (Å²) in [6.07, 6.45) is 1.92. The Morgan fingerprint density at radius 3 is 2.46 bits per heavy atom. The van der Waals surface area contributed by atoms with E-state index in [9.17, 15) is 13.6 Å². The minimum Gasteiger partial charge on any atom is -0.312 e.